The first kappa shape index (κ1) is 22.6. The highest BCUT2D eigenvalue weighted by Gasteiger charge is 2.21. The van der Waals surface area contributed by atoms with Crippen LogP contribution in [0.1, 0.15) is 16.9 Å². The summed E-state index contributed by atoms with van der Waals surface area (Å²) < 4.78 is 6.15. The number of halogens is 2. The molecule has 1 aromatic heterocycles. The zero-order chi connectivity index (χ0) is 22.4. The fourth-order valence-electron chi connectivity index (χ4n) is 2.87. The summed E-state index contributed by atoms with van der Waals surface area (Å²) in [6.07, 6.45) is 0.561. The van der Waals surface area contributed by atoms with E-state index < -0.39 is 17.7 Å². The first-order valence-electron chi connectivity index (χ1n) is 9.35. The van der Waals surface area contributed by atoms with Crippen molar-refractivity contribution in [2.45, 2.75) is 6.42 Å². The average molecular weight is 463 g/mol. The predicted octanol–water partition coefficient (Wildman–Crippen LogP) is 3.42. The maximum atomic E-state index is 12.9. The summed E-state index contributed by atoms with van der Waals surface area (Å²) in [6, 6.07) is 13.2. The number of para-hydroxylation sites is 1. The van der Waals surface area contributed by atoms with Crippen LogP contribution in [0.4, 0.5) is 5.69 Å². The number of carbonyl (C=O) groups is 3. The first-order chi connectivity index (χ1) is 14.9. The Hall–Kier alpha value is -3.07. The third kappa shape index (κ3) is 5.55. The van der Waals surface area contributed by atoms with Gasteiger partial charge in [-0.3, -0.25) is 19.8 Å². The molecule has 0 saturated heterocycles. The molecule has 0 radical (unpaired) electrons. The number of methoxy groups -OCH3 is 1. The second kappa shape index (κ2) is 10.3. The van der Waals surface area contributed by atoms with E-state index in [0.717, 1.165) is 0 Å². The molecule has 0 bridgehead atoms. The van der Waals surface area contributed by atoms with E-state index in [1.807, 2.05) is 0 Å². The minimum atomic E-state index is -0.920. The predicted molar refractivity (Wildman–Crippen MR) is 120 cm³/mol. The molecule has 31 heavy (non-hydrogen) atoms. The number of nitrogens with zero attached hydrogens (tertiary/aromatic N) is 1. The van der Waals surface area contributed by atoms with E-state index >= 15 is 0 Å². The van der Waals surface area contributed by atoms with Gasteiger partial charge in [0, 0.05) is 30.7 Å². The molecule has 2 aromatic carbocycles. The first-order valence-corrected chi connectivity index (χ1v) is 10.1. The number of rotatable bonds is 7. The van der Waals surface area contributed by atoms with E-state index in [1.54, 1.807) is 55.6 Å². The molecule has 8 nitrogen and oxygen atoms in total. The van der Waals surface area contributed by atoms with Crippen LogP contribution in [-0.4, -0.2) is 42.7 Å². The van der Waals surface area contributed by atoms with Crippen LogP contribution in [-0.2, 0) is 14.3 Å². The maximum Gasteiger partial charge on any atom is 0.328 e. The number of anilines is 1. The number of benzene rings is 2. The van der Waals surface area contributed by atoms with E-state index in [9.17, 15) is 14.4 Å². The number of amides is 3. The fourth-order valence-corrected chi connectivity index (χ4v) is 3.24. The zero-order valence-corrected chi connectivity index (χ0v) is 18.1. The van der Waals surface area contributed by atoms with Crippen molar-refractivity contribution in [1.82, 2.24) is 9.99 Å². The van der Waals surface area contributed by atoms with E-state index in [4.69, 9.17) is 27.9 Å². The molecule has 162 valence electrons. The van der Waals surface area contributed by atoms with Crippen LogP contribution in [0.25, 0.3) is 10.9 Å². The lowest BCUT2D eigenvalue weighted by Crippen LogP contribution is -2.40. The average Bonchev–Trinajstić information content (AvgIpc) is 3.10. The molecule has 0 saturated carbocycles. The van der Waals surface area contributed by atoms with Gasteiger partial charge in [-0.1, -0.05) is 35.3 Å². The normalized spacial score (nSPS) is 10.7. The number of hydrogen-bond donors (Lipinski definition) is 3. The van der Waals surface area contributed by atoms with E-state index in [1.165, 1.54) is 4.68 Å². The molecule has 3 aromatic rings. The quantitative estimate of drug-likeness (QED) is 0.369. The Bertz CT molecular complexity index is 1130. The fraction of sp³-hybridized carbons (Fsp3) is 0.190. The minimum absolute atomic E-state index is 0.0951. The van der Waals surface area contributed by atoms with Gasteiger partial charge in [0.2, 0.25) is 0 Å². The van der Waals surface area contributed by atoms with Gasteiger partial charge in [-0.25, -0.2) is 4.68 Å². The van der Waals surface area contributed by atoms with Crippen LogP contribution in [0.5, 0.6) is 0 Å². The Kier molecular flexibility index (Phi) is 7.51. The Morgan fingerprint density at radius 2 is 1.81 bits per heavy atom. The second-order valence-electron chi connectivity index (χ2n) is 6.55. The monoisotopic (exact) mass is 462 g/mol. The van der Waals surface area contributed by atoms with Gasteiger partial charge < -0.3 is 15.4 Å². The number of nitrogens with one attached hydrogen (secondary N) is 3. The van der Waals surface area contributed by atoms with Crippen molar-refractivity contribution in [3.8, 4) is 0 Å². The van der Waals surface area contributed by atoms with E-state index in [-0.39, 0.29) is 12.2 Å². The number of ether oxygens (including phenoxy) is 1. The highest BCUT2D eigenvalue weighted by molar-refractivity contribution is 6.38. The standard InChI is InChI=1S/C21H20Cl2N4O4/c1-31-10-4-9-24-20(29)21(30)26-27-17-8-7-14(22)11-13(17)12-18(27)19(28)25-16-6-3-2-5-15(16)23/h2-3,5-8,11-12H,4,9-10H2,1H3,(H,24,29)(H,25,28)(H,26,30). The van der Waals surface area contributed by atoms with Crippen LogP contribution in [0, 0.1) is 0 Å². The molecular weight excluding hydrogens is 443 g/mol. The summed E-state index contributed by atoms with van der Waals surface area (Å²) in [5, 5.41) is 6.64. The highest BCUT2D eigenvalue weighted by atomic mass is 35.5. The number of aromatic nitrogens is 1. The SMILES string of the molecule is COCCCNC(=O)C(=O)Nn1c(C(=O)Nc2ccccc2Cl)cc2cc(Cl)ccc21. The van der Waals surface area contributed by atoms with Crippen molar-refractivity contribution >= 4 is 57.5 Å². The third-order valence-corrected chi connectivity index (χ3v) is 4.91. The van der Waals surface area contributed by atoms with Crippen molar-refractivity contribution in [1.29, 1.82) is 0 Å². The van der Waals surface area contributed by atoms with Gasteiger partial charge in [0.1, 0.15) is 5.69 Å². The molecule has 10 heteroatoms. The molecule has 0 fully saturated rings. The van der Waals surface area contributed by atoms with Gasteiger partial charge in [0.15, 0.2) is 0 Å². The summed E-state index contributed by atoms with van der Waals surface area (Å²) in [5.74, 6) is -2.28. The lowest BCUT2D eigenvalue weighted by molar-refractivity contribution is -0.136. The molecule has 0 spiro atoms. The molecule has 1 heterocycles. The van der Waals surface area contributed by atoms with Gasteiger partial charge in [-0.2, -0.15) is 0 Å². The van der Waals surface area contributed by atoms with Crippen LogP contribution >= 0.6 is 23.2 Å². The van der Waals surface area contributed by atoms with Crippen molar-refractivity contribution in [3.63, 3.8) is 0 Å². The van der Waals surface area contributed by atoms with Crippen molar-refractivity contribution in [3.05, 3.63) is 64.3 Å². The molecular formula is C21H20Cl2N4O4. The van der Waals surface area contributed by atoms with Gasteiger partial charge in [-0.15, -0.1) is 0 Å². The molecule has 0 atom stereocenters. The highest BCUT2D eigenvalue weighted by Crippen LogP contribution is 2.25. The summed E-state index contributed by atoms with van der Waals surface area (Å²) >= 11 is 12.2. The smallest absolute Gasteiger partial charge is 0.328 e. The van der Waals surface area contributed by atoms with Gasteiger partial charge >= 0.3 is 11.8 Å². The number of fused-ring (bicyclic) bond motifs is 1. The molecule has 0 unspecified atom stereocenters. The topological polar surface area (TPSA) is 101 Å². The Balaban J connectivity index is 1.87. The lowest BCUT2D eigenvalue weighted by Gasteiger charge is -2.13. The Labute approximate surface area is 188 Å². The largest absolute Gasteiger partial charge is 0.385 e. The maximum absolute atomic E-state index is 12.9. The zero-order valence-electron chi connectivity index (χ0n) is 16.6. The van der Waals surface area contributed by atoms with Gasteiger partial charge in [0.25, 0.3) is 5.91 Å². The Morgan fingerprint density at radius 3 is 2.55 bits per heavy atom. The molecule has 3 N–H and O–H groups in total. The molecule has 0 aliphatic heterocycles. The summed E-state index contributed by atoms with van der Waals surface area (Å²) in [7, 11) is 1.55. The number of hydrogen-bond acceptors (Lipinski definition) is 4. The molecule has 0 aliphatic carbocycles. The second-order valence-corrected chi connectivity index (χ2v) is 7.39. The minimum Gasteiger partial charge on any atom is -0.385 e. The molecule has 3 rings (SSSR count). The van der Waals surface area contributed by atoms with E-state index in [2.05, 4.69) is 16.1 Å². The lowest BCUT2D eigenvalue weighted by atomic mass is 10.2. The van der Waals surface area contributed by atoms with Crippen molar-refractivity contribution in [2.24, 2.45) is 0 Å². The van der Waals surface area contributed by atoms with Gasteiger partial charge in [0.05, 0.1) is 16.2 Å². The van der Waals surface area contributed by atoms with Crippen molar-refractivity contribution in [2.75, 3.05) is 31.0 Å². The molecule has 3 amide bonds. The van der Waals surface area contributed by atoms with Crippen LogP contribution in [0.15, 0.2) is 48.5 Å². The van der Waals surface area contributed by atoms with Crippen LogP contribution < -0.4 is 16.1 Å². The van der Waals surface area contributed by atoms with Crippen LogP contribution in [0.2, 0.25) is 10.0 Å². The molecule has 0 aliphatic rings. The summed E-state index contributed by atoms with van der Waals surface area (Å²) in [4.78, 5) is 37.5. The van der Waals surface area contributed by atoms with E-state index in [0.29, 0.717) is 39.7 Å². The number of carbonyl (C=O) groups excluding carboxylic acids is 3. The van der Waals surface area contributed by atoms with Crippen LogP contribution in [0.3, 0.4) is 0 Å². The third-order valence-electron chi connectivity index (χ3n) is 4.35. The van der Waals surface area contributed by atoms with Crippen molar-refractivity contribution < 1.29 is 19.1 Å². The summed E-state index contributed by atoms with van der Waals surface area (Å²) in [5.41, 5.74) is 3.47. The summed E-state index contributed by atoms with van der Waals surface area (Å²) in [6.45, 7) is 0.735. The van der Waals surface area contributed by atoms with Gasteiger partial charge in [-0.05, 0) is 42.8 Å². The Morgan fingerprint density at radius 1 is 1.03 bits per heavy atom.